The number of likely N-dealkylation sites (tertiary alicyclic amines) is 2. The molecule has 1 N–H and O–H groups in total. The van der Waals surface area contributed by atoms with Gasteiger partial charge in [-0.1, -0.05) is 30.3 Å². The van der Waals surface area contributed by atoms with Crippen LogP contribution in [-0.2, 0) is 11.2 Å². The van der Waals surface area contributed by atoms with Crippen molar-refractivity contribution in [2.45, 2.75) is 25.7 Å². The number of imidazole rings is 1. The summed E-state index contributed by atoms with van der Waals surface area (Å²) in [5, 5.41) is 0. The predicted molar refractivity (Wildman–Crippen MR) is 107 cm³/mol. The molecule has 2 aliphatic rings. The zero-order valence-electron chi connectivity index (χ0n) is 15.8. The third kappa shape index (κ3) is 4.48. The van der Waals surface area contributed by atoms with Gasteiger partial charge in [0.25, 0.3) is 0 Å². The normalized spacial score (nSPS) is 23.5. The van der Waals surface area contributed by atoms with Gasteiger partial charge in [-0.05, 0) is 43.9 Å². The van der Waals surface area contributed by atoms with Crippen molar-refractivity contribution in [3.05, 3.63) is 60.2 Å². The Labute approximate surface area is 161 Å². The molecule has 2 saturated heterocycles. The van der Waals surface area contributed by atoms with E-state index >= 15 is 0 Å². The van der Waals surface area contributed by atoms with Crippen LogP contribution in [-0.4, -0.2) is 58.4 Å². The minimum Gasteiger partial charge on any atom is -0.345 e. The number of hydrogen-bond acceptors (Lipinski definition) is 3. The van der Waals surface area contributed by atoms with Crippen LogP contribution < -0.4 is 0 Å². The lowest BCUT2D eigenvalue weighted by atomic mass is 9.79. The summed E-state index contributed by atoms with van der Waals surface area (Å²) >= 11 is 0. The van der Waals surface area contributed by atoms with Crippen molar-refractivity contribution in [2.24, 2.45) is 5.41 Å². The van der Waals surface area contributed by atoms with Gasteiger partial charge in [0.15, 0.2) is 0 Å². The molecule has 27 heavy (non-hydrogen) atoms. The van der Waals surface area contributed by atoms with Gasteiger partial charge < -0.3 is 14.8 Å². The van der Waals surface area contributed by atoms with E-state index in [0.29, 0.717) is 0 Å². The van der Waals surface area contributed by atoms with Gasteiger partial charge in [0, 0.05) is 37.7 Å². The highest BCUT2D eigenvalue weighted by Gasteiger charge is 2.42. The van der Waals surface area contributed by atoms with E-state index in [2.05, 4.69) is 45.2 Å². The number of aromatic amines is 1. The Balaban J connectivity index is 1.31. The maximum atomic E-state index is 12.5. The van der Waals surface area contributed by atoms with E-state index in [-0.39, 0.29) is 11.3 Å². The number of nitrogens with one attached hydrogen (secondary N) is 1. The molecule has 2 aliphatic heterocycles. The Morgan fingerprint density at radius 1 is 1.19 bits per heavy atom. The molecule has 142 valence electrons. The minimum atomic E-state index is 0.114. The molecule has 5 nitrogen and oxygen atoms in total. The van der Waals surface area contributed by atoms with Gasteiger partial charge in [-0.15, -0.1) is 0 Å². The van der Waals surface area contributed by atoms with Crippen LogP contribution in [0.2, 0.25) is 0 Å². The average molecular weight is 364 g/mol. The van der Waals surface area contributed by atoms with Crippen LogP contribution in [0.4, 0.5) is 0 Å². The maximum absolute atomic E-state index is 12.5. The molecule has 0 radical (unpaired) electrons. The number of rotatable bonds is 5. The lowest BCUT2D eigenvalue weighted by Crippen LogP contribution is -2.45. The van der Waals surface area contributed by atoms with Gasteiger partial charge in [0.2, 0.25) is 5.91 Å². The number of H-pyrrole nitrogens is 1. The molecule has 2 aromatic rings. The zero-order chi connectivity index (χ0) is 18.5. The first-order valence-electron chi connectivity index (χ1n) is 9.94. The number of hydrogen-bond donors (Lipinski definition) is 1. The smallest absolute Gasteiger partial charge is 0.246 e. The number of piperidine rings is 1. The van der Waals surface area contributed by atoms with Crippen LogP contribution in [0.1, 0.15) is 30.5 Å². The standard InChI is InChI=1S/C22H28N4O/c27-21(8-7-20-15-23-18-24-20)26-14-11-22(17-26)10-4-12-25(16-22)13-9-19-5-2-1-3-6-19/h1-3,5-8,15,18H,4,9-14,16-17H2,(H,23,24)/b8-7+/t22-/m1/s1. The number of carbonyl (C=O) groups is 1. The van der Waals surface area contributed by atoms with Gasteiger partial charge in [0.05, 0.1) is 18.2 Å². The second-order valence-corrected chi connectivity index (χ2v) is 7.97. The van der Waals surface area contributed by atoms with Crippen LogP contribution >= 0.6 is 0 Å². The summed E-state index contributed by atoms with van der Waals surface area (Å²) in [4.78, 5) is 24.1. The van der Waals surface area contributed by atoms with Crippen molar-refractivity contribution in [3.8, 4) is 0 Å². The van der Waals surface area contributed by atoms with Crippen LogP contribution in [0, 0.1) is 5.41 Å². The molecule has 0 unspecified atom stereocenters. The second kappa shape index (κ2) is 8.09. The number of benzene rings is 1. The van der Waals surface area contributed by atoms with E-state index in [0.717, 1.165) is 44.7 Å². The Bertz CT molecular complexity index is 771. The molecule has 3 heterocycles. The first kappa shape index (κ1) is 18.0. The first-order valence-corrected chi connectivity index (χ1v) is 9.94. The summed E-state index contributed by atoms with van der Waals surface area (Å²) in [6.45, 7) is 5.18. The Morgan fingerprint density at radius 3 is 2.89 bits per heavy atom. The summed E-state index contributed by atoms with van der Waals surface area (Å²) in [5.74, 6) is 0.114. The molecule has 1 spiro atoms. The lowest BCUT2D eigenvalue weighted by molar-refractivity contribution is -0.125. The summed E-state index contributed by atoms with van der Waals surface area (Å²) in [7, 11) is 0. The molecule has 2 fully saturated rings. The van der Waals surface area contributed by atoms with Crippen LogP contribution in [0.15, 0.2) is 48.9 Å². The van der Waals surface area contributed by atoms with E-state index in [9.17, 15) is 4.79 Å². The molecule has 1 amide bonds. The topological polar surface area (TPSA) is 52.2 Å². The van der Waals surface area contributed by atoms with Crippen molar-refractivity contribution in [1.82, 2.24) is 19.8 Å². The van der Waals surface area contributed by atoms with Crippen LogP contribution in [0.25, 0.3) is 6.08 Å². The summed E-state index contributed by atoms with van der Waals surface area (Å²) < 4.78 is 0. The number of nitrogens with zero attached hydrogens (tertiary/aromatic N) is 3. The highest BCUT2D eigenvalue weighted by Crippen LogP contribution is 2.39. The molecular weight excluding hydrogens is 336 g/mol. The fraction of sp³-hybridized carbons (Fsp3) is 0.455. The SMILES string of the molecule is O=C(/C=C/c1cnc[nH]1)N1CC[C@@]2(CCCN(CCc3ccccc3)C2)C1. The third-order valence-corrected chi connectivity index (χ3v) is 5.97. The Hall–Kier alpha value is -2.40. The van der Waals surface area contributed by atoms with Crippen molar-refractivity contribution >= 4 is 12.0 Å². The molecule has 0 bridgehead atoms. The van der Waals surface area contributed by atoms with Crippen molar-refractivity contribution in [2.75, 3.05) is 32.7 Å². The maximum Gasteiger partial charge on any atom is 0.246 e. The summed E-state index contributed by atoms with van der Waals surface area (Å²) in [6, 6.07) is 10.7. The summed E-state index contributed by atoms with van der Waals surface area (Å²) in [5.41, 5.74) is 2.55. The first-order chi connectivity index (χ1) is 13.2. The average Bonchev–Trinajstić information content (AvgIpc) is 3.36. The monoisotopic (exact) mass is 364 g/mol. The number of carbonyl (C=O) groups excluding carboxylic acids is 1. The van der Waals surface area contributed by atoms with E-state index in [1.165, 1.54) is 24.9 Å². The van der Waals surface area contributed by atoms with Gasteiger partial charge in [-0.3, -0.25) is 4.79 Å². The fourth-order valence-corrected chi connectivity index (χ4v) is 4.51. The van der Waals surface area contributed by atoms with Gasteiger partial charge in [-0.2, -0.15) is 0 Å². The molecule has 4 rings (SSSR count). The lowest BCUT2D eigenvalue weighted by Gasteiger charge is -2.40. The molecular formula is C22H28N4O. The van der Waals surface area contributed by atoms with Gasteiger partial charge >= 0.3 is 0 Å². The second-order valence-electron chi connectivity index (χ2n) is 7.97. The van der Waals surface area contributed by atoms with Crippen molar-refractivity contribution < 1.29 is 4.79 Å². The van der Waals surface area contributed by atoms with Crippen LogP contribution in [0.5, 0.6) is 0 Å². The zero-order valence-corrected chi connectivity index (χ0v) is 15.8. The molecule has 0 aliphatic carbocycles. The van der Waals surface area contributed by atoms with Crippen molar-refractivity contribution in [3.63, 3.8) is 0 Å². The molecule has 1 atom stereocenters. The number of amides is 1. The number of aromatic nitrogens is 2. The predicted octanol–water partition coefficient (Wildman–Crippen LogP) is 2.98. The highest BCUT2D eigenvalue weighted by atomic mass is 16.2. The Kier molecular flexibility index (Phi) is 5.39. The van der Waals surface area contributed by atoms with E-state index in [4.69, 9.17) is 0 Å². The minimum absolute atomic E-state index is 0.114. The summed E-state index contributed by atoms with van der Waals surface area (Å²) in [6.07, 6.45) is 11.5. The fourth-order valence-electron chi connectivity index (χ4n) is 4.51. The van der Waals surface area contributed by atoms with E-state index in [1.807, 2.05) is 11.0 Å². The van der Waals surface area contributed by atoms with Crippen molar-refractivity contribution in [1.29, 1.82) is 0 Å². The molecule has 1 aromatic carbocycles. The third-order valence-electron chi connectivity index (χ3n) is 5.97. The van der Waals surface area contributed by atoms with Gasteiger partial charge in [-0.25, -0.2) is 4.98 Å². The largest absolute Gasteiger partial charge is 0.345 e. The van der Waals surface area contributed by atoms with E-state index < -0.39 is 0 Å². The van der Waals surface area contributed by atoms with Crippen LogP contribution in [0.3, 0.4) is 0 Å². The highest BCUT2D eigenvalue weighted by molar-refractivity contribution is 5.91. The molecule has 1 aromatic heterocycles. The van der Waals surface area contributed by atoms with E-state index in [1.54, 1.807) is 18.6 Å². The van der Waals surface area contributed by atoms with Gasteiger partial charge in [0.1, 0.15) is 0 Å². The molecule has 0 saturated carbocycles. The quantitative estimate of drug-likeness (QED) is 0.830. The molecule has 5 heteroatoms. The Morgan fingerprint density at radius 2 is 2.07 bits per heavy atom.